The molecular formula is C43H86O2. The van der Waals surface area contributed by atoms with E-state index >= 15 is 0 Å². The van der Waals surface area contributed by atoms with E-state index in [0.29, 0.717) is 6.42 Å². The van der Waals surface area contributed by atoms with E-state index in [1.165, 1.54) is 218 Å². The molecule has 0 radical (unpaired) electrons. The van der Waals surface area contributed by atoms with E-state index in [0.717, 1.165) is 19.3 Å². The first kappa shape index (κ1) is 44.5. The predicted octanol–water partition coefficient (Wildman–Crippen LogP) is 15.8. The maximum absolute atomic E-state index is 12.7. The number of carbonyl (C=O) groups excluding carboxylic acids is 1. The maximum atomic E-state index is 12.7. The molecule has 45 heavy (non-hydrogen) atoms. The Labute approximate surface area is 285 Å². The van der Waals surface area contributed by atoms with Crippen molar-refractivity contribution in [3.8, 4) is 0 Å². The monoisotopic (exact) mass is 635 g/mol. The average Bonchev–Trinajstić information content (AvgIpc) is 3.04. The molecule has 2 nitrogen and oxygen atoms in total. The molecule has 1 unspecified atom stereocenters. The second-order valence-corrected chi connectivity index (χ2v) is 14.8. The average molecular weight is 635 g/mol. The van der Waals surface area contributed by atoms with Crippen molar-refractivity contribution in [1.82, 2.24) is 0 Å². The highest BCUT2D eigenvalue weighted by atomic mass is 16.5. The molecule has 270 valence electrons. The maximum Gasteiger partial charge on any atom is 0.306 e. The fourth-order valence-corrected chi connectivity index (χ4v) is 6.87. The topological polar surface area (TPSA) is 26.3 Å². The van der Waals surface area contributed by atoms with Gasteiger partial charge in [0, 0.05) is 6.42 Å². The van der Waals surface area contributed by atoms with Gasteiger partial charge < -0.3 is 4.74 Å². The molecule has 0 aliphatic rings. The zero-order chi connectivity index (χ0) is 32.7. The quantitative estimate of drug-likeness (QED) is 0.0497. The molecular weight excluding hydrogens is 548 g/mol. The highest BCUT2D eigenvalue weighted by Gasteiger charge is 2.14. The summed E-state index contributed by atoms with van der Waals surface area (Å²) in [6.45, 7) is 6.88. The van der Waals surface area contributed by atoms with Crippen molar-refractivity contribution in [2.24, 2.45) is 0 Å². The van der Waals surface area contributed by atoms with Crippen LogP contribution in [0.15, 0.2) is 0 Å². The van der Waals surface area contributed by atoms with Crippen molar-refractivity contribution in [2.75, 3.05) is 0 Å². The number of ether oxygens (including phenoxy) is 1. The summed E-state index contributed by atoms with van der Waals surface area (Å²) < 4.78 is 6.09. The van der Waals surface area contributed by atoms with E-state index in [1.54, 1.807) is 0 Å². The molecule has 0 rings (SSSR count). The third-order valence-electron chi connectivity index (χ3n) is 10.0. The smallest absolute Gasteiger partial charge is 0.306 e. The first-order valence-electron chi connectivity index (χ1n) is 21.4. The molecule has 0 aliphatic heterocycles. The number of hydrogen-bond donors (Lipinski definition) is 0. The summed E-state index contributed by atoms with van der Waals surface area (Å²) in [5, 5.41) is 0. The SMILES string of the molecule is CCCCCCCCCCCCCCCCC(CCCCCCCCCC)OC(=O)CCCCCCCCCCCCCCC. The van der Waals surface area contributed by atoms with Gasteiger partial charge in [-0.25, -0.2) is 0 Å². The van der Waals surface area contributed by atoms with Gasteiger partial charge in [-0.1, -0.05) is 226 Å². The van der Waals surface area contributed by atoms with Crippen LogP contribution in [0.2, 0.25) is 0 Å². The van der Waals surface area contributed by atoms with Crippen LogP contribution in [0.1, 0.15) is 265 Å². The molecule has 0 aliphatic carbocycles. The fourth-order valence-electron chi connectivity index (χ4n) is 6.87. The van der Waals surface area contributed by atoms with Crippen LogP contribution in [0.4, 0.5) is 0 Å². The van der Waals surface area contributed by atoms with Crippen LogP contribution in [-0.2, 0) is 9.53 Å². The van der Waals surface area contributed by atoms with Gasteiger partial charge in [0.15, 0.2) is 0 Å². The summed E-state index contributed by atoms with van der Waals surface area (Å²) in [4.78, 5) is 12.7. The van der Waals surface area contributed by atoms with Crippen molar-refractivity contribution >= 4 is 5.97 Å². The lowest BCUT2D eigenvalue weighted by atomic mass is 10.0. The minimum absolute atomic E-state index is 0.0769. The van der Waals surface area contributed by atoms with Gasteiger partial charge in [0.05, 0.1) is 0 Å². The molecule has 0 saturated carbocycles. The first-order chi connectivity index (χ1) is 22.2. The predicted molar refractivity (Wildman–Crippen MR) is 202 cm³/mol. The Morgan fingerprint density at radius 1 is 0.333 bits per heavy atom. The Kier molecular flexibility index (Phi) is 39.2. The number of esters is 1. The van der Waals surface area contributed by atoms with Gasteiger partial charge in [-0.2, -0.15) is 0 Å². The molecule has 0 aromatic carbocycles. The Morgan fingerprint density at radius 2 is 0.556 bits per heavy atom. The van der Waals surface area contributed by atoms with E-state index in [9.17, 15) is 4.79 Å². The molecule has 0 bridgehead atoms. The van der Waals surface area contributed by atoms with Crippen LogP contribution in [0.3, 0.4) is 0 Å². The fraction of sp³-hybridized carbons (Fsp3) is 0.977. The summed E-state index contributed by atoms with van der Waals surface area (Å²) in [6.07, 6.45) is 50.7. The molecule has 0 aromatic heterocycles. The van der Waals surface area contributed by atoms with E-state index in [1.807, 2.05) is 0 Å². The minimum Gasteiger partial charge on any atom is -0.462 e. The summed E-state index contributed by atoms with van der Waals surface area (Å²) in [7, 11) is 0. The van der Waals surface area contributed by atoms with Crippen LogP contribution in [-0.4, -0.2) is 12.1 Å². The molecule has 0 spiro atoms. The number of rotatable bonds is 39. The normalized spacial score (nSPS) is 12.2. The second-order valence-electron chi connectivity index (χ2n) is 14.8. The number of hydrogen-bond acceptors (Lipinski definition) is 2. The van der Waals surface area contributed by atoms with Gasteiger partial charge in [0.25, 0.3) is 0 Å². The summed E-state index contributed by atoms with van der Waals surface area (Å²) in [5.41, 5.74) is 0. The van der Waals surface area contributed by atoms with Crippen LogP contribution in [0.5, 0.6) is 0 Å². The van der Waals surface area contributed by atoms with Gasteiger partial charge >= 0.3 is 5.97 Å². The minimum atomic E-state index is 0.0769. The Balaban J connectivity index is 3.97. The van der Waals surface area contributed by atoms with Gasteiger partial charge in [-0.3, -0.25) is 4.79 Å². The van der Waals surface area contributed by atoms with Gasteiger partial charge in [-0.15, -0.1) is 0 Å². The van der Waals surface area contributed by atoms with Crippen LogP contribution < -0.4 is 0 Å². The van der Waals surface area contributed by atoms with E-state index < -0.39 is 0 Å². The van der Waals surface area contributed by atoms with E-state index in [-0.39, 0.29) is 12.1 Å². The Bertz CT molecular complexity index is 544. The molecule has 0 aromatic rings. The van der Waals surface area contributed by atoms with Gasteiger partial charge in [0.2, 0.25) is 0 Å². The first-order valence-corrected chi connectivity index (χ1v) is 21.4. The Morgan fingerprint density at radius 3 is 0.822 bits per heavy atom. The van der Waals surface area contributed by atoms with Crippen LogP contribution >= 0.6 is 0 Å². The third-order valence-corrected chi connectivity index (χ3v) is 10.0. The molecule has 0 amide bonds. The number of unbranched alkanes of at least 4 members (excludes halogenated alkanes) is 32. The molecule has 0 saturated heterocycles. The van der Waals surface area contributed by atoms with Crippen molar-refractivity contribution in [3.05, 3.63) is 0 Å². The summed E-state index contributed by atoms with van der Waals surface area (Å²) in [5.74, 6) is 0.0769. The Hall–Kier alpha value is -0.530. The third kappa shape index (κ3) is 37.8. The lowest BCUT2D eigenvalue weighted by molar-refractivity contribution is -0.150. The standard InChI is InChI=1S/C43H86O2/c1-4-7-10-13-16-19-21-23-25-26-28-31-34-37-40-42(39-36-33-30-18-15-12-9-6-3)45-43(44)41-38-35-32-29-27-24-22-20-17-14-11-8-5-2/h42H,4-41H2,1-3H3. The van der Waals surface area contributed by atoms with Gasteiger partial charge in [-0.05, 0) is 32.1 Å². The largest absolute Gasteiger partial charge is 0.462 e. The van der Waals surface area contributed by atoms with Gasteiger partial charge in [0.1, 0.15) is 6.10 Å². The lowest BCUT2D eigenvalue weighted by Gasteiger charge is -2.18. The zero-order valence-corrected chi connectivity index (χ0v) is 31.8. The highest BCUT2D eigenvalue weighted by molar-refractivity contribution is 5.69. The van der Waals surface area contributed by atoms with Crippen molar-refractivity contribution in [2.45, 2.75) is 271 Å². The molecule has 2 heteroatoms. The highest BCUT2D eigenvalue weighted by Crippen LogP contribution is 2.19. The summed E-state index contributed by atoms with van der Waals surface area (Å²) >= 11 is 0. The molecule has 0 N–H and O–H groups in total. The van der Waals surface area contributed by atoms with Crippen molar-refractivity contribution in [1.29, 1.82) is 0 Å². The molecule has 0 heterocycles. The lowest BCUT2D eigenvalue weighted by Crippen LogP contribution is -2.18. The second kappa shape index (κ2) is 39.6. The van der Waals surface area contributed by atoms with E-state index in [2.05, 4.69) is 20.8 Å². The summed E-state index contributed by atoms with van der Waals surface area (Å²) in [6, 6.07) is 0. The van der Waals surface area contributed by atoms with E-state index in [4.69, 9.17) is 4.74 Å². The molecule has 1 atom stereocenters. The van der Waals surface area contributed by atoms with Crippen molar-refractivity contribution in [3.63, 3.8) is 0 Å². The van der Waals surface area contributed by atoms with Crippen LogP contribution in [0.25, 0.3) is 0 Å². The zero-order valence-electron chi connectivity index (χ0n) is 31.8. The van der Waals surface area contributed by atoms with Crippen molar-refractivity contribution < 1.29 is 9.53 Å². The van der Waals surface area contributed by atoms with Crippen LogP contribution in [0, 0.1) is 0 Å². The number of carbonyl (C=O) groups is 1. The molecule has 0 fully saturated rings.